The first kappa shape index (κ1) is 14.2. The Kier molecular flexibility index (Phi) is 4.33. The Morgan fingerprint density at radius 1 is 1.16 bits per heavy atom. The van der Waals surface area contributed by atoms with Crippen molar-refractivity contribution in [1.29, 1.82) is 0 Å². The summed E-state index contributed by atoms with van der Waals surface area (Å²) in [4.78, 5) is 0. The summed E-state index contributed by atoms with van der Waals surface area (Å²) in [6.45, 7) is 3.84. The average Bonchev–Trinajstić information content (AvgIpc) is 2.35. The lowest BCUT2D eigenvalue weighted by Gasteiger charge is -2.13. The van der Waals surface area contributed by atoms with Crippen molar-refractivity contribution < 1.29 is 4.39 Å². The van der Waals surface area contributed by atoms with Crippen molar-refractivity contribution in [3.05, 3.63) is 57.3 Å². The zero-order valence-electron chi connectivity index (χ0n) is 10.7. The van der Waals surface area contributed by atoms with Crippen LogP contribution in [-0.4, -0.2) is 0 Å². The van der Waals surface area contributed by atoms with Gasteiger partial charge in [-0.3, -0.25) is 0 Å². The van der Waals surface area contributed by atoms with Crippen LogP contribution in [0, 0.1) is 12.7 Å². The van der Waals surface area contributed by atoms with E-state index in [2.05, 4.69) is 5.32 Å². The van der Waals surface area contributed by atoms with E-state index in [9.17, 15) is 4.39 Å². The van der Waals surface area contributed by atoms with Crippen LogP contribution < -0.4 is 5.32 Å². The Labute approximate surface area is 122 Å². The van der Waals surface area contributed by atoms with Crippen LogP contribution in [0.2, 0.25) is 10.0 Å². The molecule has 0 unspecified atom stereocenters. The van der Waals surface area contributed by atoms with Crippen LogP contribution in [-0.2, 0) is 6.42 Å². The normalized spacial score (nSPS) is 10.6. The monoisotopic (exact) mass is 297 g/mol. The first-order valence-corrected chi connectivity index (χ1v) is 6.78. The van der Waals surface area contributed by atoms with E-state index in [1.54, 1.807) is 18.2 Å². The number of anilines is 2. The van der Waals surface area contributed by atoms with Crippen molar-refractivity contribution in [1.82, 2.24) is 0 Å². The standard InChI is InChI=1S/C15H14Cl2FN/c1-3-10-7-12(4-5-14(10)18)19-15-9(2)6-11(16)8-13(15)17/h4-8,19H,3H2,1-2H3. The summed E-state index contributed by atoms with van der Waals surface area (Å²) in [5.74, 6) is -0.188. The molecular formula is C15H14Cl2FN. The third kappa shape index (κ3) is 3.20. The van der Waals surface area contributed by atoms with Crippen LogP contribution in [0.3, 0.4) is 0 Å². The molecule has 0 aromatic heterocycles. The zero-order valence-corrected chi connectivity index (χ0v) is 12.2. The van der Waals surface area contributed by atoms with E-state index in [1.807, 2.05) is 19.9 Å². The highest BCUT2D eigenvalue weighted by Crippen LogP contribution is 2.32. The number of hydrogen-bond acceptors (Lipinski definition) is 1. The fourth-order valence-corrected chi connectivity index (χ4v) is 2.57. The molecule has 0 saturated carbocycles. The SMILES string of the molecule is CCc1cc(Nc2c(C)cc(Cl)cc2Cl)ccc1F. The Morgan fingerprint density at radius 2 is 1.89 bits per heavy atom. The van der Waals surface area contributed by atoms with Gasteiger partial charge in [0.15, 0.2) is 0 Å². The Bertz CT molecular complexity index is 588. The first-order valence-electron chi connectivity index (χ1n) is 6.02. The number of hydrogen-bond donors (Lipinski definition) is 1. The topological polar surface area (TPSA) is 12.0 Å². The van der Waals surface area contributed by atoms with E-state index >= 15 is 0 Å². The zero-order chi connectivity index (χ0) is 14.0. The number of benzene rings is 2. The quantitative estimate of drug-likeness (QED) is 0.761. The molecule has 1 nitrogen and oxygen atoms in total. The van der Waals surface area contributed by atoms with Gasteiger partial charge in [0.25, 0.3) is 0 Å². The van der Waals surface area contributed by atoms with Crippen molar-refractivity contribution in [2.24, 2.45) is 0 Å². The van der Waals surface area contributed by atoms with E-state index in [0.717, 1.165) is 16.9 Å². The molecule has 0 fully saturated rings. The van der Waals surface area contributed by atoms with Crippen LogP contribution in [0.4, 0.5) is 15.8 Å². The lowest BCUT2D eigenvalue weighted by atomic mass is 10.1. The van der Waals surface area contributed by atoms with Gasteiger partial charge >= 0.3 is 0 Å². The van der Waals surface area contributed by atoms with E-state index in [4.69, 9.17) is 23.2 Å². The molecule has 0 atom stereocenters. The molecule has 100 valence electrons. The molecule has 0 aliphatic carbocycles. The molecule has 0 radical (unpaired) electrons. The highest BCUT2D eigenvalue weighted by atomic mass is 35.5. The third-order valence-corrected chi connectivity index (χ3v) is 3.46. The van der Waals surface area contributed by atoms with Crippen molar-refractivity contribution in [2.45, 2.75) is 20.3 Å². The predicted molar refractivity (Wildman–Crippen MR) is 80.3 cm³/mol. The van der Waals surface area contributed by atoms with Crippen LogP contribution in [0.1, 0.15) is 18.1 Å². The number of rotatable bonds is 3. The number of halogens is 3. The number of aryl methyl sites for hydroxylation is 2. The van der Waals surface area contributed by atoms with Crippen LogP contribution in [0.25, 0.3) is 0 Å². The molecule has 1 N–H and O–H groups in total. The molecule has 0 aliphatic heterocycles. The summed E-state index contributed by atoms with van der Waals surface area (Å²) in [7, 11) is 0. The molecule has 0 saturated heterocycles. The molecule has 4 heteroatoms. The van der Waals surface area contributed by atoms with E-state index in [0.29, 0.717) is 22.0 Å². The predicted octanol–water partition coefficient (Wildman–Crippen LogP) is 5.75. The van der Waals surface area contributed by atoms with Gasteiger partial charge in [0.1, 0.15) is 5.82 Å². The maximum atomic E-state index is 13.4. The number of nitrogens with one attached hydrogen (secondary N) is 1. The molecule has 0 bridgehead atoms. The molecule has 0 amide bonds. The summed E-state index contributed by atoms with van der Waals surface area (Å²) in [6.07, 6.45) is 0.648. The van der Waals surface area contributed by atoms with E-state index in [-0.39, 0.29) is 5.82 Å². The Morgan fingerprint density at radius 3 is 2.53 bits per heavy atom. The summed E-state index contributed by atoms with van der Waals surface area (Å²) < 4.78 is 13.4. The van der Waals surface area contributed by atoms with Crippen LogP contribution >= 0.6 is 23.2 Å². The molecule has 19 heavy (non-hydrogen) atoms. The molecular weight excluding hydrogens is 284 g/mol. The molecule has 2 aromatic carbocycles. The van der Waals surface area contributed by atoms with Crippen molar-refractivity contribution in [3.63, 3.8) is 0 Å². The lowest BCUT2D eigenvalue weighted by Crippen LogP contribution is -1.97. The van der Waals surface area contributed by atoms with Crippen LogP contribution in [0.5, 0.6) is 0 Å². The lowest BCUT2D eigenvalue weighted by molar-refractivity contribution is 0.612. The molecule has 2 rings (SSSR count). The van der Waals surface area contributed by atoms with Gasteiger partial charge in [-0.15, -0.1) is 0 Å². The van der Waals surface area contributed by atoms with Gasteiger partial charge in [-0.05, 0) is 54.8 Å². The largest absolute Gasteiger partial charge is 0.354 e. The fourth-order valence-electron chi connectivity index (χ4n) is 1.93. The van der Waals surface area contributed by atoms with Gasteiger partial charge in [0.2, 0.25) is 0 Å². The van der Waals surface area contributed by atoms with Crippen molar-refractivity contribution >= 4 is 34.6 Å². The minimum atomic E-state index is -0.188. The molecule has 2 aromatic rings. The van der Waals surface area contributed by atoms with Gasteiger partial charge in [-0.25, -0.2) is 4.39 Å². The maximum absolute atomic E-state index is 13.4. The van der Waals surface area contributed by atoms with Gasteiger partial charge in [0.05, 0.1) is 10.7 Å². The maximum Gasteiger partial charge on any atom is 0.126 e. The minimum absolute atomic E-state index is 0.188. The van der Waals surface area contributed by atoms with Gasteiger partial charge in [0, 0.05) is 10.7 Å². The van der Waals surface area contributed by atoms with Gasteiger partial charge < -0.3 is 5.32 Å². The summed E-state index contributed by atoms with van der Waals surface area (Å²) in [6, 6.07) is 8.46. The highest BCUT2D eigenvalue weighted by molar-refractivity contribution is 6.36. The second-order valence-corrected chi connectivity index (χ2v) is 5.21. The van der Waals surface area contributed by atoms with Crippen molar-refractivity contribution in [2.75, 3.05) is 5.32 Å². The molecule has 0 aliphatic rings. The summed E-state index contributed by atoms with van der Waals surface area (Å²) in [5.41, 5.74) is 3.22. The van der Waals surface area contributed by atoms with E-state index in [1.165, 1.54) is 6.07 Å². The third-order valence-electron chi connectivity index (χ3n) is 2.95. The van der Waals surface area contributed by atoms with Gasteiger partial charge in [-0.1, -0.05) is 30.1 Å². The van der Waals surface area contributed by atoms with Crippen molar-refractivity contribution in [3.8, 4) is 0 Å². The summed E-state index contributed by atoms with van der Waals surface area (Å²) in [5, 5.41) is 4.36. The van der Waals surface area contributed by atoms with E-state index < -0.39 is 0 Å². The first-order chi connectivity index (χ1) is 9.01. The Balaban J connectivity index is 2.36. The minimum Gasteiger partial charge on any atom is -0.354 e. The van der Waals surface area contributed by atoms with Crippen LogP contribution in [0.15, 0.2) is 30.3 Å². The highest BCUT2D eigenvalue weighted by Gasteiger charge is 2.08. The smallest absolute Gasteiger partial charge is 0.126 e. The second-order valence-electron chi connectivity index (χ2n) is 4.36. The molecule has 0 spiro atoms. The molecule has 0 heterocycles. The summed E-state index contributed by atoms with van der Waals surface area (Å²) >= 11 is 12.1. The Hall–Kier alpha value is -1.25. The van der Waals surface area contributed by atoms with Gasteiger partial charge in [-0.2, -0.15) is 0 Å². The average molecular weight is 298 g/mol. The fraction of sp³-hybridized carbons (Fsp3) is 0.200. The second kappa shape index (κ2) is 5.81.